The first kappa shape index (κ1) is 13.2. The first-order chi connectivity index (χ1) is 7.47. The Balaban J connectivity index is 3.11. The first-order valence-electron chi connectivity index (χ1n) is 4.33. The molecule has 5 nitrogen and oxygen atoms in total. The average Bonchev–Trinajstić information content (AvgIpc) is 2.27. The molecule has 0 spiro atoms. The van der Waals surface area contributed by atoms with Gasteiger partial charge in [-0.3, -0.25) is 10.1 Å². The summed E-state index contributed by atoms with van der Waals surface area (Å²) < 4.78 is 0. The van der Waals surface area contributed by atoms with Gasteiger partial charge in [0.25, 0.3) is 5.69 Å². The number of hydrogen-bond donors (Lipinski definition) is 2. The highest BCUT2D eigenvalue weighted by Gasteiger charge is 2.22. The minimum atomic E-state index is -1.34. The molecule has 0 aliphatic heterocycles. The van der Waals surface area contributed by atoms with Crippen LogP contribution in [0.3, 0.4) is 0 Å². The summed E-state index contributed by atoms with van der Waals surface area (Å²) in [6, 6.07) is 3.62. The fourth-order valence-corrected chi connectivity index (χ4v) is 1.56. The van der Waals surface area contributed by atoms with Gasteiger partial charge in [0.2, 0.25) is 0 Å². The second kappa shape index (κ2) is 5.45. The van der Waals surface area contributed by atoms with E-state index in [2.05, 4.69) is 0 Å². The number of alkyl halides is 1. The molecule has 2 N–H and O–H groups in total. The Labute approximate surface area is 101 Å². The lowest BCUT2D eigenvalue weighted by molar-refractivity contribution is -0.385. The molecule has 88 valence electrons. The third kappa shape index (κ3) is 2.82. The highest BCUT2D eigenvalue weighted by molar-refractivity contribution is 6.31. The second-order valence-corrected chi connectivity index (χ2v) is 3.85. The smallest absolute Gasteiger partial charge is 0.269 e. The molecule has 16 heavy (non-hydrogen) atoms. The van der Waals surface area contributed by atoms with E-state index in [-0.39, 0.29) is 22.2 Å². The lowest BCUT2D eigenvalue weighted by Crippen LogP contribution is -2.20. The summed E-state index contributed by atoms with van der Waals surface area (Å²) in [6.07, 6.45) is -2.56. The van der Waals surface area contributed by atoms with Crippen molar-refractivity contribution in [3.63, 3.8) is 0 Å². The molecule has 1 aromatic carbocycles. The number of nitro benzene ring substituents is 1. The van der Waals surface area contributed by atoms with E-state index in [4.69, 9.17) is 23.2 Å². The Morgan fingerprint density at radius 3 is 2.56 bits per heavy atom. The number of nitro groups is 1. The molecule has 0 aliphatic carbocycles. The van der Waals surface area contributed by atoms with Crippen LogP contribution in [0.15, 0.2) is 18.2 Å². The Hall–Kier alpha value is -0.880. The lowest BCUT2D eigenvalue weighted by Gasteiger charge is -2.16. The van der Waals surface area contributed by atoms with Crippen molar-refractivity contribution in [3.8, 4) is 0 Å². The maximum Gasteiger partial charge on any atom is 0.269 e. The first-order valence-corrected chi connectivity index (χ1v) is 5.24. The fraction of sp³-hybridized carbons (Fsp3) is 0.333. The van der Waals surface area contributed by atoms with Crippen LogP contribution in [-0.4, -0.2) is 27.1 Å². The zero-order valence-corrected chi connectivity index (χ0v) is 9.52. The van der Waals surface area contributed by atoms with Crippen LogP contribution in [0.5, 0.6) is 0 Å². The molecule has 0 saturated heterocycles. The molecular weight excluding hydrogens is 257 g/mol. The van der Waals surface area contributed by atoms with Crippen LogP contribution < -0.4 is 0 Å². The van der Waals surface area contributed by atoms with E-state index < -0.39 is 17.1 Å². The lowest BCUT2D eigenvalue weighted by atomic mass is 10.0. The normalized spacial score (nSPS) is 14.5. The van der Waals surface area contributed by atoms with Crippen LogP contribution in [-0.2, 0) is 0 Å². The molecule has 0 radical (unpaired) electrons. The van der Waals surface area contributed by atoms with E-state index in [1.807, 2.05) is 0 Å². The van der Waals surface area contributed by atoms with E-state index in [1.165, 1.54) is 12.1 Å². The van der Waals surface area contributed by atoms with Gasteiger partial charge in [-0.25, -0.2) is 0 Å². The average molecular weight is 266 g/mol. The molecule has 0 amide bonds. The molecule has 7 heteroatoms. The Bertz CT molecular complexity index is 399. The van der Waals surface area contributed by atoms with Crippen molar-refractivity contribution >= 4 is 28.9 Å². The minimum absolute atomic E-state index is 0.0871. The number of hydrogen-bond acceptors (Lipinski definition) is 4. The van der Waals surface area contributed by atoms with Crippen molar-refractivity contribution in [2.45, 2.75) is 12.2 Å². The molecule has 2 unspecified atom stereocenters. The van der Waals surface area contributed by atoms with Gasteiger partial charge in [-0.2, -0.15) is 0 Å². The fourth-order valence-electron chi connectivity index (χ4n) is 1.16. The second-order valence-electron chi connectivity index (χ2n) is 3.13. The van der Waals surface area contributed by atoms with Gasteiger partial charge in [-0.05, 0) is 6.07 Å². The van der Waals surface area contributed by atoms with E-state index in [9.17, 15) is 20.3 Å². The third-order valence-electron chi connectivity index (χ3n) is 2.03. The molecule has 0 saturated carbocycles. The summed E-state index contributed by atoms with van der Waals surface area (Å²) in [7, 11) is 0. The van der Waals surface area contributed by atoms with E-state index >= 15 is 0 Å². The van der Waals surface area contributed by atoms with Crippen molar-refractivity contribution in [2.75, 3.05) is 5.88 Å². The van der Waals surface area contributed by atoms with Crippen LogP contribution in [0.4, 0.5) is 5.69 Å². The summed E-state index contributed by atoms with van der Waals surface area (Å²) in [5.41, 5.74) is -0.121. The van der Waals surface area contributed by atoms with Gasteiger partial charge in [0.1, 0.15) is 6.10 Å². The standard InChI is InChI=1S/C9H9Cl2NO4/c10-4-8(13)9(14)6-3-5(12(15)16)1-2-7(6)11/h1-3,8-9,13-14H,4H2. The van der Waals surface area contributed by atoms with Crippen molar-refractivity contribution < 1.29 is 15.1 Å². The van der Waals surface area contributed by atoms with E-state index in [0.717, 1.165) is 6.07 Å². The zero-order chi connectivity index (χ0) is 12.3. The van der Waals surface area contributed by atoms with Crippen molar-refractivity contribution in [2.24, 2.45) is 0 Å². The van der Waals surface area contributed by atoms with Gasteiger partial charge < -0.3 is 10.2 Å². The summed E-state index contributed by atoms with van der Waals surface area (Å²) in [4.78, 5) is 9.91. The number of halogens is 2. The van der Waals surface area contributed by atoms with Gasteiger partial charge in [-0.15, -0.1) is 11.6 Å². The Kier molecular flexibility index (Phi) is 4.49. The van der Waals surface area contributed by atoms with E-state index in [0.29, 0.717) is 0 Å². The van der Waals surface area contributed by atoms with Crippen LogP contribution in [0.1, 0.15) is 11.7 Å². The quantitative estimate of drug-likeness (QED) is 0.495. The van der Waals surface area contributed by atoms with Gasteiger partial charge in [0.15, 0.2) is 0 Å². The molecule has 0 aliphatic rings. The molecule has 1 aromatic rings. The number of aliphatic hydroxyl groups is 2. The highest BCUT2D eigenvalue weighted by atomic mass is 35.5. The van der Waals surface area contributed by atoms with Gasteiger partial charge in [0.05, 0.1) is 16.9 Å². The summed E-state index contributed by atoms with van der Waals surface area (Å²) in [6.45, 7) is 0. The molecule has 1 rings (SSSR count). The van der Waals surface area contributed by atoms with Gasteiger partial charge in [0, 0.05) is 22.7 Å². The number of non-ortho nitro benzene ring substituents is 1. The zero-order valence-electron chi connectivity index (χ0n) is 8.01. The van der Waals surface area contributed by atoms with Crippen molar-refractivity contribution in [1.82, 2.24) is 0 Å². The maximum absolute atomic E-state index is 10.5. The third-order valence-corrected chi connectivity index (χ3v) is 2.69. The predicted octanol–water partition coefficient (Wildman–Crippen LogP) is 1.88. The number of nitrogens with zero attached hydrogens (tertiary/aromatic N) is 1. The largest absolute Gasteiger partial charge is 0.389 e. The Morgan fingerprint density at radius 2 is 2.06 bits per heavy atom. The van der Waals surface area contributed by atoms with Crippen molar-refractivity contribution in [1.29, 1.82) is 0 Å². The monoisotopic (exact) mass is 265 g/mol. The van der Waals surface area contributed by atoms with Crippen LogP contribution >= 0.6 is 23.2 Å². The van der Waals surface area contributed by atoms with Crippen molar-refractivity contribution in [3.05, 3.63) is 38.9 Å². The summed E-state index contributed by atoms with van der Waals surface area (Å²) in [5.74, 6) is -0.194. The molecule has 2 atom stereocenters. The predicted molar refractivity (Wildman–Crippen MR) is 59.8 cm³/mol. The molecular formula is C9H9Cl2NO4. The molecule has 0 fully saturated rings. The molecule has 0 aromatic heterocycles. The maximum atomic E-state index is 10.5. The van der Waals surface area contributed by atoms with Crippen LogP contribution in [0, 0.1) is 10.1 Å². The number of rotatable bonds is 4. The van der Waals surface area contributed by atoms with Gasteiger partial charge in [-0.1, -0.05) is 11.6 Å². The SMILES string of the molecule is O=[N+]([O-])c1ccc(Cl)c(C(O)C(O)CCl)c1. The molecule has 0 heterocycles. The van der Waals surface area contributed by atoms with Crippen LogP contribution in [0.2, 0.25) is 5.02 Å². The van der Waals surface area contributed by atoms with Gasteiger partial charge >= 0.3 is 0 Å². The minimum Gasteiger partial charge on any atom is -0.389 e. The number of benzene rings is 1. The summed E-state index contributed by atoms with van der Waals surface area (Å²) >= 11 is 11.1. The summed E-state index contributed by atoms with van der Waals surface area (Å²) in [5, 5.41) is 29.6. The molecule has 0 bridgehead atoms. The Morgan fingerprint density at radius 1 is 1.44 bits per heavy atom. The van der Waals surface area contributed by atoms with E-state index in [1.54, 1.807) is 0 Å². The number of aliphatic hydroxyl groups excluding tert-OH is 2. The highest BCUT2D eigenvalue weighted by Crippen LogP contribution is 2.29. The topological polar surface area (TPSA) is 83.6 Å². The van der Waals surface area contributed by atoms with Crippen LogP contribution in [0.25, 0.3) is 0 Å².